The van der Waals surface area contributed by atoms with Crippen molar-refractivity contribution in [3.05, 3.63) is 41.2 Å². The van der Waals surface area contributed by atoms with Gasteiger partial charge in [0.15, 0.2) is 0 Å². The zero-order valence-corrected chi connectivity index (χ0v) is 11.7. The van der Waals surface area contributed by atoms with Crippen molar-refractivity contribution < 1.29 is 4.48 Å². The lowest BCUT2D eigenvalue weighted by Crippen LogP contribution is -2.41. The van der Waals surface area contributed by atoms with Crippen molar-refractivity contribution in [3.8, 4) is 0 Å². The van der Waals surface area contributed by atoms with Crippen LogP contribution in [0.1, 0.15) is 11.9 Å². The summed E-state index contributed by atoms with van der Waals surface area (Å²) in [6.45, 7) is 2.07. The molecule has 2 aromatic rings. The largest absolute Gasteiger partial charge is 0.253 e. The van der Waals surface area contributed by atoms with Crippen LogP contribution < -0.4 is 0 Å². The first kappa shape index (κ1) is 11.6. The third kappa shape index (κ3) is 1.78. The second kappa shape index (κ2) is 4.00. The molecule has 1 aromatic carbocycles. The Hall–Kier alpha value is -1.52. The van der Waals surface area contributed by atoms with E-state index >= 15 is 0 Å². The van der Waals surface area contributed by atoms with Gasteiger partial charge in [0.25, 0.3) is 0 Å². The van der Waals surface area contributed by atoms with Crippen LogP contribution in [0.25, 0.3) is 10.2 Å². The van der Waals surface area contributed by atoms with E-state index in [0.717, 1.165) is 22.3 Å². The first-order chi connectivity index (χ1) is 8.57. The molecule has 3 rings (SSSR count). The topological polar surface area (TPSA) is 25.2 Å². The fourth-order valence-corrected chi connectivity index (χ4v) is 3.04. The minimum Gasteiger partial charge on any atom is -0.253 e. The van der Waals surface area contributed by atoms with Crippen molar-refractivity contribution in [3.63, 3.8) is 0 Å². The predicted molar refractivity (Wildman–Crippen MR) is 76.6 cm³/mol. The maximum Gasteiger partial charge on any atom is 0.204 e. The van der Waals surface area contributed by atoms with Crippen LogP contribution in [0.4, 0.5) is 0 Å². The van der Waals surface area contributed by atoms with Crippen LogP contribution in [0.5, 0.6) is 0 Å². The Kier molecular flexibility index (Phi) is 2.57. The average Bonchev–Trinajstić information content (AvgIpc) is 2.85. The van der Waals surface area contributed by atoms with E-state index in [-0.39, 0.29) is 0 Å². The van der Waals surface area contributed by atoms with Crippen molar-refractivity contribution in [2.24, 2.45) is 4.99 Å². The number of hydrogen-bond acceptors (Lipinski definition) is 3. The number of hydrogen-bond donors (Lipinski definition) is 0. The Morgan fingerprint density at radius 3 is 2.67 bits per heavy atom. The van der Waals surface area contributed by atoms with Crippen LogP contribution >= 0.6 is 11.3 Å². The standard InChI is InChI=1S/C14H16N3S/c1-10-15-9-11(17(10,2)3)8-14-16-12-6-4-5-7-13(12)18-14/h4-7,9H,8H2,1-3H3/q+1. The van der Waals surface area contributed by atoms with Gasteiger partial charge in [-0.1, -0.05) is 12.1 Å². The van der Waals surface area contributed by atoms with Crippen LogP contribution in [0.2, 0.25) is 0 Å². The Labute approximate surface area is 111 Å². The van der Waals surface area contributed by atoms with E-state index in [9.17, 15) is 0 Å². The number of likely N-dealkylation sites (N-methyl/N-ethyl adjacent to an activating group) is 1. The van der Waals surface area contributed by atoms with Gasteiger partial charge in [0.05, 0.1) is 36.9 Å². The zero-order chi connectivity index (χ0) is 12.8. The highest BCUT2D eigenvalue weighted by molar-refractivity contribution is 7.18. The Morgan fingerprint density at radius 1 is 1.22 bits per heavy atom. The second-order valence-corrected chi connectivity index (χ2v) is 6.12. The van der Waals surface area contributed by atoms with Crippen LogP contribution in [0.3, 0.4) is 0 Å². The molecule has 18 heavy (non-hydrogen) atoms. The van der Waals surface area contributed by atoms with Gasteiger partial charge in [-0.2, -0.15) is 0 Å². The summed E-state index contributed by atoms with van der Waals surface area (Å²) in [5.74, 6) is 1.13. The molecule has 0 N–H and O–H groups in total. The molecule has 3 nitrogen and oxygen atoms in total. The van der Waals surface area contributed by atoms with Crippen LogP contribution in [-0.4, -0.2) is 29.4 Å². The van der Waals surface area contributed by atoms with Crippen LogP contribution in [-0.2, 0) is 6.42 Å². The van der Waals surface area contributed by atoms with Gasteiger partial charge in [0.1, 0.15) is 10.7 Å². The van der Waals surface area contributed by atoms with Gasteiger partial charge >= 0.3 is 0 Å². The molecule has 92 valence electrons. The highest BCUT2D eigenvalue weighted by Crippen LogP contribution is 2.28. The summed E-state index contributed by atoms with van der Waals surface area (Å²) in [5, 5.41) is 1.17. The molecule has 1 aliphatic heterocycles. The molecule has 0 saturated carbocycles. The molecule has 0 aliphatic carbocycles. The number of quaternary nitrogens is 1. The average molecular weight is 258 g/mol. The zero-order valence-electron chi connectivity index (χ0n) is 10.8. The van der Waals surface area contributed by atoms with Gasteiger partial charge in [-0.15, -0.1) is 11.3 Å². The predicted octanol–water partition coefficient (Wildman–Crippen LogP) is 3.19. The third-order valence-corrected chi connectivity index (χ3v) is 4.63. The van der Waals surface area contributed by atoms with Crippen LogP contribution in [0, 0.1) is 0 Å². The molecule has 1 aliphatic rings. The summed E-state index contributed by atoms with van der Waals surface area (Å²) in [4.78, 5) is 9.11. The van der Waals surface area contributed by atoms with Crippen molar-refractivity contribution in [2.75, 3.05) is 14.1 Å². The second-order valence-electron chi connectivity index (χ2n) is 5.00. The van der Waals surface area contributed by atoms with Gasteiger partial charge in [-0.25, -0.2) is 9.98 Å². The van der Waals surface area contributed by atoms with Gasteiger partial charge in [-0.05, 0) is 12.1 Å². The highest BCUT2D eigenvalue weighted by Gasteiger charge is 2.31. The summed E-state index contributed by atoms with van der Waals surface area (Å²) < 4.78 is 2.02. The molecular weight excluding hydrogens is 242 g/mol. The molecule has 0 fully saturated rings. The summed E-state index contributed by atoms with van der Waals surface area (Å²) in [6.07, 6.45) is 2.87. The molecule has 0 radical (unpaired) electrons. The van der Waals surface area contributed by atoms with E-state index in [2.05, 4.69) is 49.2 Å². The van der Waals surface area contributed by atoms with E-state index in [1.54, 1.807) is 11.3 Å². The van der Waals surface area contributed by atoms with Gasteiger partial charge < -0.3 is 0 Å². The number of amidine groups is 1. The number of fused-ring (bicyclic) bond motifs is 1. The quantitative estimate of drug-likeness (QED) is 0.759. The molecular formula is C14H16N3S+. The number of benzene rings is 1. The number of para-hydroxylation sites is 1. The monoisotopic (exact) mass is 258 g/mol. The number of aliphatic imine (C=N–C) groups is 1. The first-order valence-electron chi connectivity index (χ1n) is 6.00. The van der Waals surface area contributed by atoms with E-state index < -0.39 is 0 Å². The maximum atomic E-state index is 4.68. The minimum atomic E-state index is 0.760. The summed E-state index contributed by atoms with van der Waals surface area (Å²) in [5.41, 5.74) is 2.39. The maximum absolute atomic E-state index is 4.68. The molecule has 0 unspecified atom stereocenters. The fourth-order valence-electron chi connectivity index (χ4n) is 2.06. The summed E-state index contributed by atoms with van der Waals surface area (Å²) in [6, 6.07) is 8.29. The minimum absolute atomic E-state index is 0.760. The molecule has 4 heteroatoms. The summed E-state index contributed by atoms with van der Waals surface area (Å²) >= 11 is 1.77. The summed E-state index contributed by atoms with van der Waals surface area (Å²) in [7, 11) is 4.34. The Morgan fingerprint density at radius 2 is 2.00 bits per heavy atom. The van der Waals surface area contributed by atoms with E-state index in [4.69, 9.17) is 0 Å². The number of aromatic nitrogens is 1. The van der Waals surface area contributed by atoms with Gasteiger partial charge in [0.2, 0.25) is 5.84 Å². The van der Waals surface area contributed by atoms with Crippen molar-refractivity contribution >= 4 is 27.4 Å². The number of thiazole rings is 1. The van der Waals surface area contributed by atoms with Crippen molar-refractivity contribution in [1.82, 2.24) is 4.98 Å². The molecule has 0 saturated heterocycles. The molecule has 0 bridgehead atoms. The normalized spacial score (nSPS) is 17.9. The lowest BCUT2D eigenvalue weighted by molar-refractivity contribution is -0.756. The van der Waals surface area contributed by atoms with E-state index in [1.165, 1.54) is 15.4 Å². The molecule has 1 aromatic heterocycles. The molecule has 0 spiro atoms. The molecule has 2 heterocycles. The third-order valence-electron chi connectivity index (χ3n) is 3.60. The molecule has 0 atom stereocenters. The fraction of sp³-hybridized carbons (Fsp3) is 0.286. The number of rotatable bonds is 2. The lowest BCUT2D eigenvalue weighted by Gasteiger charge is -2.25. The van der Waals surface area contributed by atoms with E-state index in [1.807, 2.05) is 12.3 Å². The van der Waals surface area contributed by atoms with Gasteiger partial charge in [0, 0.05) is 6.92 Å². The van der Waals surface area contributed by atoms with Gasteiger partial charge in [-0.3, -0.25) is 4.48 Å². The number of nitrogens with zero attached hydrogens (tertiary/aromatic N) is 3. The van der Waals surface area contributed by atoms with E-state index in [0.29, 0.717) is 0 Å². The lowest BCUT2D eigenvalue weighted by atomic mass is 10.2. The van der Waals surface area contributed by atoms with Crippen molar-refractivity contribution in [2.45, 2.75) is 13.3 Å². The Bertz CT molecular complexity index is 631. The highest BCUT2D eigenvalue weighted by atomic mass is 32.1. The number of allylic oxidation sites excluding steroid dienone is 1. The SMILES string of the molecule is CC1=NC=C(Cc2nc3ccccc3s2)[N+]1(C)C. The Balaban J connectivity index is 1.90. The smallest absolute Gasteiger partial charge is 0.204 e. The van der Waals surface area contributed by atoms with Crippen LogP contribution in [0.15, 0.2) is 41.2 Å². The molecule has 0 amide bonds. The first-order valence-corrected chi connectivity index (χ1v) is 6.82. The van der Waals surface area contributed by atoms with Crippen molar-refractivity contribution in [1.29, 1.82) is 0 Å².